The van der Waals surface area contributed by atoms with E-state index >= 15 is 0 Å². The number of carbonyl (C=O) groups is 1. The van der Waals surface area contributed by atoms with Crippen LogP contribution in [0, 0.1) is 12.8 Å². The van der Waals surface area contributed by atoms with Gasteiger partial charge in [0, 0.05) is 12.2 Å². The SMILES string of the molecule is Cc1nc(-c2ccccn2)sc1C(=O)N[C@H]1CCCC[C@@H]1C(F)(F)F. The van der Waals surface area contributed by atoms with Crippen LogP contribution in [0.1, 0.15) is 41.0 Å². The van der Waals surface area contributed by atoms with E-state index in [1.165, 1.54) is 0 Å². The summed E-state index contributed by atoms with van der Waals surface area (Å²) in [4.78, 5) is 21.4. The average molecular weight is 369 g/mol. The van der Waals surface area contributed by atoms with Crippen LogP contribution in [-0.2, 0) is 0 Å². The summed E-state index contributed by atoms with van der Waals surface area (Å²) in [5.74, 6) is -1.97. The number of aromatic nitrogens is 2. The standard InChI is InChI=1S/C17H18F3N3OS/c1-10-14(25-16(22-10)13-8-4-5-9-21-13)15(24)23-12-7-3-2-6-11(12)17(18,19)20/h4-5,8-9,11-12H,2-3,6-7H2,1H3,(H,23,24)/t11-,12-/m0/s1. The highest BCUT2D eigenvalue weighted by Crippen LogP contribution is 2.38. The minimum atomic E-state index is -4.29. The fraction of sp³-hybridized carbons (Fsp3) is 0.471. The highest BCUT2D eigenvalue weighted by molar-refractivity contribution is 7.17. The molecule has 0 radical (unpaired) electrons. The predicted molar refractivity (Wildman–Crippen MR) is 89.3 cm³/mol. The summed E-state index contributed by atoms with van der Waals surface area (Å²) in [7, 11) is 0. The molecule has 0 saturated heterocycles. The summed E-state index contributed by atoms with van der Waals surface area (Å²) in [6.07, 6.45) is -1.02. The van der Waals surface area contributed by atoms with Crippen molar-refractivity contribution in [3.63, 3.8) is 0 Å². The zero-order valence-electron chi connectivity index (χ0n) is 13.6. The highest BCUT2D eigenvalue weighted by atomic mass is 32.1. The molecule has 1 aliphatic rings. The van der Waals surface area contributed by atoms with Crippen LogP contribution in [-0.4, -0.2) is 28.1 Å². The molecule has 0 unspecified atom stereocenters. The Bertz CT molecular complexity index is 745. The first-order chi connectivity index (χ1) is 11.9. The predicted octanol–water partition coefficient (Wildman–Crippen LogP) is 4.36. The van der Waals surface area contributed by atoms with Gasteiger partial charge in [-0.15, -0.1) is 11.3 Å². The number of pyridine rings is 1. The zero-order chi connectivity index (χ0) is 18.0. The smallest absolute Gasteiger partial charge is 0.348 e. The number of thiazole rings is 1. The molecule has 2 atom stereocenters. The topological polar surface area (TPSA) is 54.9 Å². The van der Waals surface area contributed by atoms with Crippen molar-refractivity contribution in [3.05, 3.63) is 35.0 Å². The van der Waals surface area contributed by atoms with Gasteiger partial charge in [0.1, 0.15) is 9.88 Å². The Hall–Kier alpha value is -1.96. The molecule has 8 heteroatoms. The van der Waals surface area contributed by atoms with Gasteiger partial charge in [0.2, 0.25) is 0 Å². The van der Waals surface area contributed by atoms with Crippen LogP contribution < -0.4 is 5.32 Å². The van der Waals surface area contributed by atoms with Crippen LogP contribution in [0.2, 0.25) is 0 Å². The maximum absolute atomic E-state index is 13.2. The summed E-state index contributed by atoms with van der Waals surface area (Å²) >= 11 is 1.15. The third kappa shape index (κ3) is 4.00. The number of halogens is 3. The minimum absolute atomic E-state index is 0.0648. The second kappa shape index (κ2) is 7.11. The van der Waals surface area contributed by atoms with Crippen molar-refractivity contribution in [2.75, 3.05) is 0 Å². The normalized spacial score (nSPS) is 21.1. The van der Waals surface area contributed by atoms with Gasteiger partial charge in [-0.2, -0.15) is 13.2 Å². The monoisotopic (exact) mass is 369 g/mol. The third-order valence-corrected chi connectivity index (χ3v) is 5.57. The van der Waals surface area contributed by atoms with E-state index in [-0.39, 0.29) is 6.42 Å². The average Bonchev–Trinajstić information content (AvgIpc) is 2.97. The summed E-state index contributed by atoms with van der Waals surface area (Å²) in [6.45, 7) is 1.68. The van der Waals surface area contributed by atoms with Gasteiger partial charge in [-0.05, 0) is 31.9 Å². The fourth-order valence-electron chi connectivity index (χ4n) is 3.14. The molecular weight excluding hydrogens is 351 g/mol. The first-order valence-corrected chi connectivity index (χ1v) is 8.94. The van der Waals surface area contributed by atoms with Gasteiger partial charge in [-0.1, -0.05) is 18.9 Å². The van der Waals surface area contributed by atoms with E-state index in [0.717, 1.165) is 11.3 Å². The van der Waals surface area contributed by atoms with E-state index in [0.29, 0.717) is 40.5 Å². The minimum Gasteiger partial charge on any atom is -0.348 e. The van der Waals surface area contributed by atoms with Crippen molar-refractivity contribution in [2.24, 2.45) is 5.92 Å². The number of nitrogens with one attached hydrogen (secondary N) is 1. The lowest BCUT2D eigenvalue weighted by molar-refractivity contribution is -0.187. The molecule has 0 bridgehead atoms. The molecule has 1 saturated carbocycles. The van der Waals surface area contributed by atoms with E-state index in [9.17, 15) is 18.0 Å². The van der Waals surface area contributed by atoms with Crippen LogP contribution in [0.4, 0.5) is 13.2 Å². The van der Waals surface area contributed by atoms with E-state index in [1.54, 1.807) is 25.3 Å². The first-order valence-electron chi connectivity index (χ1n) is 8.12. The van der Waals surface area contributed by atoms with Crippen molar-refractivity contribution in [1.82, 2.24) is 15.3 Å². The number of rotatable bonds is 3. The number of amides is 1. The Balaban J connectivity index is 1.78. The maximum Gasteiger partial charge on any atom is 0.393 e. The van der Waals surface area contributed by atoms with Crippen LogP contribution in [0.5, 0.6) is 0 Å². The summed E-state index contributed by atoms with van der Waals surface area (Å²) in [6, 6.07) is 4.49. The quantitative estimate of drug-likeness (QED) is 0.874. The number of aryl methyl sites for hydroxylation is 1. The van der Waals surface area contributed by atoms with Gasteiger partial charge in [0.25, 0.3) is 5.91 Å². The van der Waals surface area contributed by atoms with Crippen LogP contribution in [0.15, 0.2) is 24.4 Å². The molecule has 134 valence electrons. The molecule has 25 heavy (non-hydrogen) atoms. The first kappa shape index (κ1) is 17.8. The van der Waals surface area contributed by atoms with Gasteiger partial charge < -0.3 is 5.32 Å². The van der Waals surface area contributed by atoms with E-state index in [4.69, 9.17) is 0 Å². The maximum atomic E-state index is 13.2. The van der Waals surface area contributed by atoms with E-state index in [2.05, 4.69) is 15.3 Å². The lowest BCUT2D eigenvalue weighted by Gasteiger charge is -2.33. The molecule has 4 nitrogen and oxygen atoms in total. The van der Waals surface area contributed by atoms with Gasteiger partial charge in [-0.3, -0.25) is 9.78 Å². The molecule has 1 aliphatic carbocycles. The molecule has 3 rings (SSSR count). The Morgan fingerprint density at radius 3 is 2.72 bits per heavy atom. The van der Waals surface area contributed by atoms with Crippen LogP contribution in [0.25, 0.3) is 10.7 Å². The van der Waals surface area contributed by atoms with E-state index < -0.39 is 24.0 Å². The summed E-state index contributed by atoms with van der Waals surface area (Å²) in [5.41, 5.74) is 1.14. The van der Waals surface area contributed by atoms with Crippen molar-refractivity contribution < 1.29 is 18.0 Å². The molecule has 1 amide bonds. The molecular formula is C17H18F3N3OS. The van der Waals surface area contributed by atoms with Gasteiger partial charge in [0.05, 0.1) is 17.3 Å². The second-order valence-electron chi connectivity index (χ2n) is 6.16. The number of alkyl halides is 3. The van der Waals surface area contributed by atoms with Crippen molar-refractivity contribution >= 4 is 17.2 Å². The molecule has 0 aliphatic heterocycles. The zero-order valence-corrected chi connectivity index (χ0v) is 14.5. The molecule has 0 spiro atoms. The van der Waals surface area contributed by atoms with Gasteiger partial charge in [-0.25, -0.2) is 4.98 Å². The largest absolute Gasteiger partial charge is 0.393 e. The molecule has 0 aromatic carbocycles. The van der Waals surface area contributed by atoms with Crippen molar-refractivity contribution in [1.29, 1.82) is 0 Å². The Kier molecular flexibility index (Phi) is 5.08. The third-order valence-electron chi connectivity index (χ3n) is 4.39. The van der Waals surface area contributed by atoms with Crippen molar-refractivity contribution in [3.8, 4) is 10.7 Å². The molecule has 2 heterocycles. The Morgan fingerprint density at radius 1 is 1.28 bits per heavy atom. The lowest BCUT2D eigenvalue weighted by atomic mass is 9.84. The van der Waals surface area contributed by atoms with Crippen molar-refractivity contribution in [2.45, 2.75) is 44.8 Å². The van der Waals surface area contributed by atoms with Crippen LogP contribution >= 0.6 is 11.3 Å². The number of carbonyl (C=O) groups excluding carboxylic acids is 1. The highest BCUT2D eigenvalue weighted by Gasteiger charge is 2.46. The number of nitrogens with zero attached hydrogens (tertiary/aromatic N) is 2. The number of hydrogen-bond acceptors (Lipinski definition) is 4. The van der Waals surface area contributed by atoms with Gasteiger partial charge >= 0.3 is 6.18 Å². The van der Waals surface area contributed by atoms with E-state index in [1.807, 2.05) is 6.07 Å². The van der Waals surface area contributed by atoms with Gasteiger partial charge in [0.15, 0.2) is 0 Å². The molecule has 2 aromatic rings. The second-order valence-corrected chi connectivity index (χ2v) is 7.16. The Labute approximate surface area is 147 Å². The molecule has 1 N–H and O–H groups in total. The summed E-state index contributed by atoms with van der Waals surface area (Å²) in [5, 5.41) is 3.17. The number of hydrogen-bond donors (Lipinski definition) is 1. The molecule has 1 fully saturated rings. The Morgan fingerprint density at radius 2 is 2.04 bits per heavy atom. The van der Waals surface area contributed by atoms with Crippen LogP contribution in [0.3, 0.4) is 0 Å². The fourth-order valence-corrected chi connectivity index (χ4v) is 4.08. The molecule has 2 aromatic heterocycles. The lowest BCUT2D eigenvalue weighted by Crippen LogP contribution is -2.47. The summed E-state index contributed by atoms with van der Waals surface area (Å²) < 4.78 is 39.5.